The van der Waals surface area contributed by atoms with Crippen LogP contribution in [0.4, 0.5) is 4.39 Å². The number of hydrogen-bond acceptors (Lipinski definition) is 2. The maximum absolute atomic E-state index is 13.7. The Kier molecular flexibility index (Phi) is 5.17. The number of halogens is 2. The Bertz CT molecular complexity index is 530. The molecule has 0 bridgehead atoms. The summed E-state index contributed by atoms with van der Waals surface area (Å²) in [5, 5.41) is 3.08. The standard InChI is InChI=1S/C15H18ClFN2O2/c1-10(20)18-11-4-3-7-19(9-11)15(21)8-12-13(16)5-2-6-14(12)17/h2,5-6,11H,3-4,7-9H2,1H3,(H,18,20). The van der Waals surface area contributed by atoms with E-state index >= 15 is 0 Å². The van der Waals surface area contributed by atoms with E-state index in [1.807, 2.05) is 0 Å². The lowest BCUT2D eigenvalue weighted by atomic mass is 10.0. The van der Waals surface area contributed by atoms with Gasteiger partial charge in [0.15, 0.2) is 0 Å². The predicted molar refractivity (Wildman–Crippen MR) is 78.5 cm³/mol. The maximum atomic E-state index is 13.7. The third-order valence-corrected chi connectivity index (χ3v) is 3.93. The summed E-state index contributed by atoms with van der Waals surface area (Å²) in [6, 6.07) is 4.35. The first-order valence-electron chi connectivity index (χ1n) is 6.95. The first kappa shape index (κ1) is 15.8. The van der Waals surface area contributed by atoms with Crippen LogP contribution in [0.25, 0.3) is 0 Å². The van der Waals surface area contributed by atoms with Gasteiger partial charge in [-0.15, -0.1) is 0 Å². The lowest BCUT2D eigenvalue weighted by Gasteiger charge is -2.33. The Labute approximate surface area is 128 Å². The third-order valence-electron chi connectivity index (χ3n) is 3.57. The van der Waals surface area contributed by atoms with Crippen molar-refractivity contribution >= 4 is 23.4 Å². The number of nitrogens with one attached hydrogen (secondary N) is 1. The van der Waals surface area contributed by atoms with Gasteiger partial charge in [0, 0.05) is 36.6 Å². The number of carbonyl (C=O) groups excluding carboxylic acids is 2. The van der Waals surface area contributed by atoms with Gasteiger partial charge in [0.25, 0.3) is 0 Å². The predicted octanol–water partition coefficient (Wildman–Crippen LogP) is 2.15. The Morgan fingerprint density at radius 1 is 1.48 bits per heavy atom. The van der Waals surface area contributed by atoms with E-state index in [4.69, 9.17) is 11.6 Å². The smallest absolute Gasteiger partial charge is 0.227 e. The summed E-state index contributed by atoms with van der Waals surface area (Å²) in [6.07, 6.45) is 1.61. The van der Waals surface area contributed by atoms with Crippen molar-refractivity contribution < 1.29 is 14.0 Å². The molecule has 1 aliphatic rings. The highest BCUT2D eigenvalue weighted by Gasteiger charge is 2.25. The summed E-state index contributed by atoms with van der Waals surface area (Å²) < 4.78 is 13.7. The van der Waals surface area contributed by atoms with Gasteiger partial charge in [0.2, 0.25) is 11.8 Å². The fraction of sp³-hybridized carbons (Fsp3) is 0.467. The molecule has 1 aliphatic heterocycles. The average molecular weight is 313 g/mol. The first-order valence-corrected chi connectivity index (χ1v) is 7.33. The van der Waals surface area contributed by atoms with Gasteiger partial charge < -0.3 is 10.2 Å². The van der Waals surface area contributed by atoms with Crippen LogP contribution in [-0.2, 0) is 16.0 Å². The molecule has 114 valence electrons. The van der Waals surface area contributed by atoms with Crippen molar-refractivity contribution in [2.45, 2.75) is 32.2 Å². The molecule has 1 aromatic rings. The third kappa shape index (κ3) is 4.17. The number of likely N-dealkylation sites (tertiary alicyclic amines) is 1. The average Bonchev–Trinajstić information content (AvgIpc) is 2.42. The summed E-state index contributed by atoms with van der Waals surface area (Å²) in [4.78, 5) is 25.0. The Morgan fingerprint density at radius 2 is 2.24 bits per heavy atom. The molecule has 2 amide bonds. The van der Waals surface area contributed by atoms with Crippen molar-refractivity contribution in [2.75, 3.05) is 13.1 Å². The lowest BCUT2D eigenvalue weighted by molar-refractivity contribution is -0.132. The highest BCUT2D eigenvalue weighted by Crippen LogP contribution is 2.21. The molecule has 0 aromatic heterocycles. The Morgan fingerprint density at radius 3 is 2.90 bits per heavy atom. The molecule has 1 unspecified atom stereocenters. The highest BCUT2D eigenvalue weighted by atomic mass is 35.5. The molecule has 0 radical (unpaired) electrons. The minimum absolute atomic E-state index is 0.0312. The molecule has 2 rings (SSSR count). The summed E-state index contributed by atoms with van der Waals surface area (Å²) in [5.74, 6) is -0.741. The van der Waals surface area contributed by atoms with Crippen LogP contribution in [0.1, 0.15) is 25.3 Å². The minimum atomic E-state index is -0.466. The van der Waals surface area contributed by atoms with Crippen LogP contribution >= 0.6 is 11.6 Å². The van der Waals surface area contributed by atoms with Crippen molar-refractivity contribution in [1.29, 1.82) is 0 Å². The minimum Gasteiger partial charge on any atom is -0.352 e. The molecule has 1 N–H and O–H groups in total. The summed E-state index contributed by atoms with van der Waals surface area (Å²) in [7, 11) is 0. The first-order chi connectivity index (χ1) is 9.97. The molecule has 0 saturated carbocycles. The van der Waals surface area contributed by atoms with Gasteiger partial charge in [-0.3, -0.25) is 9.59 Å². The quantitative estimate of drug-likeness (QED) is 0.929. The van der Waals surface area contributed by atoms with E-state index in [-0.39, 0.29) is 34.9 Å². The van der Waals surface area contributed by atoms with Gasteiger partial charge in [-0.2, -0.15) is 0 Å². The topological polar surface area (TPSA) is 49.4 Å². The molecule has 1 aromatic carbocycles. The second kappa shape index (κ2) is 6.89. The molecule has 6 heteroatoms. The number of amides is 2. The molecule has 4 nitrogen and oxygen atoms in total. The Balaban J connectivity index is 2.01. The van der Waals surface area contributed by atoms with Crippen LogP contribution in [0.3, 0.4) is 0 Å². The zero-order valence-electron chi connectivity index (χ0n) is 11.9. The lowest BCUT2D eigenvalue weighted by Crippen LogP contribution is -2.49. The van der Waals surface area contributed by atoms with Crippen molar-refractivity contribution in [2.24, 2.45) is 0 Å². The van der Waals surface area contributed by atoms with Crippen LogP contribution in [-0.4, -0.2) is 35.8 Å². The van der Waals surface area contributed by atoms with Gasteiger partial charge in [-0.25, -0.2) is 4.39 Å². The fourth-order valence-electron chi connectivity index (χ4n) is 2.57. The van der Waals surface area contributed by atoms with Crippen molar-refractivity contribution in [3.63, 3.8) is 0 Å². The number of nitrogens with zero attached hydrogens (tertiary/aromatic N) is 1. The van der Waals surface area contributed by atoms with E-state index in [0.29, 0.717) is 13.1 Å². The number of rotatable bonds is 3. The van der Waals surface area contributed by atoms with Crippen LogP contribution < -0.4 is 5.32 Å². The number of benzene rings is 1. The van der Waals surface area contributed by atoms with Gasteiger partial charge in [-0.05, 0) is 25.0 Å². The number of carbonyl (C=O) groups is 2. The fourth-order valence-corrected chi connectivity index (χ4v) is 2.80. The molecule has 1 saturated heterocycles. The second-order valence-electron chi connectivity index (χ2n) is 5.26. The van der Waals surface area contributed by atoms with Crippen LogP contribution in [0.15, 0.2) is 18.2 Å². The molecular formula is C15H18ClFN2O2. The normalized spacial score (nSPS) is 18.4. The van der Waals surface area contributed by atoms with E-state index in [1.54, 1.807) is 11.0 Å². The molecule has 1 heterocycles. The zero-order valence-corrected chi connectivity index (χ0v) is 12.6. The van der Waals surface area contributed by atoms with Crippen molar-refractivity contribution in [3.05, 3.63) is 34.6 Å². The van der Waals surface area contributed by atoms with Gasteiger partial charge >= 0.3 is 0 Å². The Hall–Kier alpha value is -1.62. The van der Waals surface area contributed by atoms with Crippen LogP contribution in [0.2, 0.25) is 5.02 Å². The second-order valence-corrected chi connectivity index (χ2v) is 5.66. The number of piperidine rings is 1. The van der Waals surface area contributed by atoms with Gasteiger partial charge in [-0.1, -0.05) is 17.7 Å². The van der Waals surface area contributed by atoms with Crippen molar-refractivity contribution in [3.8, 4) is 0 Å². The molecule has 0 spiro atoms. The van der Waals surface area contributed by atoms with E-state index < -0.39 is 5.82 Å². The molecule has 1 fully saturated rings. The monoisotopic (exact) mass is 312 g/mol. The highest BCUT2D eigenvalue weighted by molar-refractivity contribution is 6.31. The van der Waals surface area contributed by atoms with Gasteiger partial charge in [0.1, 0.15) is 5.82 Å². The number of hydrogen-bond donors (Lipinski definition) is 1. The van der Waals surface area contributed by atoms with E-state index in [9.17, 15) is 14.0 Å². The van der Waals surface area contributed by atoms with E-state index in [1.165, 1.54) is 19.1 Å². The van der Waals surface area contributed by atoms with E-state index in [2.05, 4.69) is 5.32 Å². The van der Waals surface area contributed by atoms with Crippen LogP contribution in [0.5, 0.6) is 0 Å². The summed E-state index contributed by atoms with van der Waals surface area (Å²) in [6.45, 7) is 2.55. The van der Waals surface area contributed by atoms with Crippen molar-refractivity contribution in [1.82, 2.24) is 10.2 Å². The summed E-state index contributed by atoms with van der Waals surface area (Å²) >= 11 is 5.94. The molecule has 0 aliphatic carbocycles. The maximum Gasteiger partial charge on any atom is 0.227 e. The largest absolute Gasteiger partial charge is 0.352 e. The SMILES string of the molecule is CC(=O)NC1CCCN(C(=O)Cc2c(F)cccc2Cl)C1. The van der Waals surface area contributed by atoms with Crippen LogP contribution in [0, 0.1) is 5.82 Å². The molecule has 1 atom stereocenters. The van der Waals surface area contributed by atoms with Gasteiger partial charge in [0.05, 0.1) is 6.42 Å². The zero-order chi connectivity index (χ0) is 15.4. The molecule has 21 heavy (non-hydrogen) atoms. The summed E-state index contributed by atoms with van der Waals surface area (Å²) in [5.41, 5.74) is 0.228. The molecular weight excluding hydrogens is 295 g/mol. The van der Waals surface area contributed by atoms with E-state index in [0.717, 1.165) is 12.8 Å².